The number of ether oxygens (including phenoxy) is 1. The summed E-state index contributed by atoms with van der Waals surface area (Å²) in [4.78, 5) is 28.4. The van der Waals surface area contributed by atoms with E-state index in [-0.39, 0.29) is 22.7 Å². The number of sulfonamides is 1. The van der Waals surface area contributed by atoms with Gasteiger partial charge in [0.1, 0.15) is 11.9 Å². The van der Waals surface area contributed by atoms with Gasteiger partial charge in [-0.3, -0.25) is 14.5 Å². The first kappa shape index (κ1) is 22.9. The van der Waals surface area contributed by atoms with Crippen LogP contribution in [0.2, 0.25) is 0 Å². The number of esters is 1. The van der Waals surface area contributed by atoms with Crippen molar-refractivity contribution >= 4 is 27.7 Å². The molecule has 2 atom stereocenters. The summed E-state index contributed by atoms with van der Waals surface area (Å²) >= 11 is 0. The van der Waals surface area contributed by atoms with Gasteiger partial charge in [-0.15, -0.1) is 0 Å². The predicted molar refractivity (Wildman–Crippen MR) is 110 cm³/mol. The number of benzene rings is 1. The summed E-state index contributed by atoms with van der Waals surface area (Å²) in [7, 11) is -3.68. The smallest absolute Gasteiger partial charge is 0.331 e. The number of amidine groups is 1. The molecule has 2 N–H and O–H groups in total. The molecule has 1 aromatic carbocycles. The highest BCUT2D eigenvalue weighted by atomic mass is 32.2. The number of nitrogens with zero attached hydrogens (tertiary/aromatic N) is 1. The molecule has 9 heteroatoms. The summed E-state index contributed by atoms with van der Waals surface area (Å²) in [5, 5.41) is 2.80. The van der Waals surface area contributed by atoms with Gasteiger partial charge in [0.15, 0.2) is 6.61 Å². The molecule has 0 radical (unpaired) electrons. The van der Waals surface area contributed by atoms with Crippen LogP contribution in [0, 0.1) is 5.92 Å². The van der Waals surface area contributed by atoms with E-state index in [0.717, 1.165) is 19.3 Å². The third-order valence-electron chi connectivity index (χ3n) is 4.50. The Morgan fingerprint density at radius 3 is 2.52 bits per heavy atom. The van der Waals surface area contributed by atoms with Crippen LogP contribution in [0.15, 0.2) is 34.2 Å². The molecule has 1 amide bonds. The molecule has 8 nitrogen and oxygen atoms in total. The monoisotopic (exact) mass is 423 g/mol. The van der Waals surface area contributed by atoms with Gasteiger partial charge < -0.3 is 10.1 Å². The standard InChI is InChI=1S/C20H29N3O5S/c1-13(2)8-7-9-14(3)21-18(24)12-28-20(25)15(4)22-19-16-10-5-6-11-17(16)29(26,27)23-19/h5-6,10-11,13-15H,7-9,12H2,1-4H3,(H,21,24)(H,22,23)/t14-,15-/m0/s1. The first-order valence-electron chi connectivity index (χ1n) is 9.76. The van der Waals surface area contributed by atoms with Crippen molar-refractivity contribution in [1.82, 2.24) is 10.0 Å². The van der Waals surface area contributed by atoms with Gasteiger partial charge in [0.2, 0.25) is 0 Å². The van der Waals surface area contributed by atoms with E-state index in [1.165, 1.54) is 13.0 Å². The Morgan fingerprint density at radius 1 is 1.14 bits per heavy atom. The number of fused-ring (bicyclic) bond motifs is 1. The molecule has 0 saturated carbocycles. The van der Waals surface area contributed by atoms with Crippen molar-refractivity contribution in [1.29, 1.82) is 0 Å². The van der Waals surface area contributed by atoms with Crippen LogP contribution in [0.1, 0.15) is 52.5 Å². The lowest BCUT2D eigenvalue weighted by Crippen LogP contribution is -2.36. The zero-order valence-corrected chi connectivity index (χ0v) is 18.1. The van der Waals surface area contributed by atoms with Crippen LogP contribution >= 0.6 is 0 Å². The second kappa shape index (κ2) is 9.87. The predicted octanol–water partition coefficient (Wildman–Crippen LogP) is 1.99. The summed E-state index contributed by atoms with van der Waals surface area (Å²) in [6.07, 6.45) is 2.98. The molecule has 0 saturated heterocycles. The Labute approximate surface area is 172 Å². The van der Waals surface area contributed by atoms with Gasteiger partial charge in [-0.2, -0.15) is 0 Å². The fourth-order valence-corrected chi connectivity index (χ4v) is 4.19. The van der Waals surface area contributed by atoms with Gasteiger partial charge in [0.05, 0.1) is 4.90 Å². The molecule has 0 bridgehead atoms. The zero-order chi connectivity index (χ0) is 21.6. The summed E-state index contributed by atoms with van der Waals surface area (Å²) in [6.45, 7) is 7.31. The third-order valence-corrected chi connectivity index (χ3v) is 5.90. The van der Waals surface area contributed by atoms with E-state index in [2.05, 4.69) is 28.9 Å². The van der Waals surface area contributed by atoms with E-state index in [1.807, 2.05) is 6.92 Å². The largest absolute Gasteiger partial charge is 0.454 e. The van der Waals surface area contributed by atoms with Crippen LogP contribution in [-0.4, -0.2) is 44.8 Å². The molecule has 0 spiro atoms. The molecule has 1 heterocycles. The van der Waals surface area contributed by atoms with E-state index >= 15 is 0 Å². The van der Waals surface area contributed by atoms with Crippen LogP contribution in [-0.2, 0) is 24.3 Å². The van der Waals surface area contributed by atoms with Crippen molar-refractivity contribution in [2.24, 2.45) is 10.9 Å². The topological polar surface area (TPSA) is 114 Å². The number of amides is 1. The van der Waals surface area contributed by atoms with E-state index in [0.29, 0.717) is 11.5 Å². The molecule has 0 fully saturated rings. The van der Waals surface area contributed by atoms with E-state index in [4.69, 9.17) is 4.74 Å². The Morgan fingerprint density at radius 2 is 1.83 bits per heavy atom. The molecule has 2 rings (SSSR count). The van der Waals surface area contributed by atoms with Crippen LogP contribution in [0.3, 0.4) is 0 Å². The Hall–Kier alpha value is -2.42. The van der Waals surface area contributed by atoms with E-state index in [1.54, 1.807) is 18.2 Å². The Kier molecular flexibility index (Phi) is 7.78. The third kappa shape index (κ3) is 6.56. The highest BCUT2D eigenvalue weighted by molar-refractivity contribution is 7.90. The number of hydrogen-bond acceptors (Lipinski definition) is 6. The minimum atomic E-state index is -3.68. The van der Waals surface area contributed by atoms with Crippen LogP contribution < -0.4 is 10.0 Å². The molecular weight excluding hydrogens is 394 g/mol. The fourth-order valence-electron chi connectivity index (χ4n) is 2.95. The van der Waals surface area contributed by atoms with E-state index < -0.39 is 28.6 Å². The minimum absolute atomic E-state index is 0.00187. The molecule has 160 valence electrons. The number of aliphatic imine (C=N–C) groups is 1. The maximum atomic E-state index is 12.2. The Balaban J connectivity index is 1.85. The molecule has 1 aromatic rings. The van der Waals surface area contributed by atoms with E-state index in [9.17, 15) is 18.0 Å². The van der Waals surface area contributed by atoms with Crippen molar-refractivity contribution in [3.05, 3.63) is 29.8 Å². The van der Waals surface area contributed by atoms with Gasteiger partial charge in [0, 0.05) is 11.6 Å². The van der Waals surface area contributed by atoms with Crippen molar-refractivity contribution in [3.8, 4) is 0 Å². The molecule has 0 aliphatic carbocycles. The molecule has 29 heavy (non-hydrogen) atoms. The van der Waals surface area contributed by atoms with Crippen molar-refractivity contribution in [2.75, 3.05) is 6.61 Å². The molecule has 0 unspecified atom stereocenters. The number of rotatable bonds is 9. The first-order chi connectivity index (χ1) is 13.6. The highest BCUT2D eigenvalue weighted by Crippen LogP contribution is 2.22. The Bertz CT molecular complexity index is 880. The van der Waals surface area contributed by atoms with Gasteiger partial charge >= 0.3 is 5.97 Å². The van der Waals surface area contributed by atoms with Gasteiger partial charge in [-0.1, -0.05) is 38.8 Å². The van der Waals surface area contributed by atoms with Crippen molar-refractivity contribution < 1.29 is 22.7 Å². The summed E-state index contributed by atoms with van der Waals surface area (Å²) in [5.74, 6) is -0.364. The van der Waals surface area contributed by atoms with Gasteiger partial charge in [-0.25, -0.2) is 13.2 Å². The van der Waals surface area contributed by atoms with Gasteiger partial charge in [-0.05, 0) is 38.3 Å². The normalized spacial score (nSPS) is 18.0. The summed E-state index contributed by atoms with van der Waals surface area (Å²) in [5.41, 5.74) is 0.403. The fraction of sp³-hybridized carbons (Fsp3) is 0.550. The number of carbonyl (C=O) groups excluding carboxylic acids is 2. The number of hydrogen-bond donors (Lipinski definition) is 2. The highest BCUT2D eigenvalue weighted by Gasteiger charge is 2.31. The zero-order valence-electron chi connectivity index (χ0n) is 17.3. The van der Waals surface area contributed by atoms with Crippen LogP contribution in [0.4, 0.5) is 0 Å². The summed E-state index contributed by atoms with van der Waals surface area (Å²) < 4.78 is 31.5. The molecular formula is C20H29N3O5S. The van der Waals surface area contributed by atoms with Crippen molar-refractivity contribution in [3.63, 3.8) is 0 Å². The lowest BCUT2D eigenvalue weighted by Gasteiger charge is -2.15. The first-order valence-corrected chi connectivity index (χ1v) is 11.2. The lowest BCUT2D eigenvalue weighted by molar-refractivity contribution is -0.149. The number of nitrogens with one attached hydrogen (secondary N) is 2. The number of carbonyl (C=O) groups is 2. The maximum absolute atomic E-state index is 12.2. The maximum Gasteiger partial charge on any atom is 0.331 e. The average Bonchev–Trinajstić information content (AvgIpc) is 2.90. The average molecular weight is 424 g/mol. The second-order valence-electron chi connectivity index (χ2n) is 7.66. The second-order valence-corrected chi connectivity index (χ2v) is 9.31. The van der Waals surface area contributed by atoms with Crippen LogP contribution in [0.5, 0.6) is 0 Å². The SMILES string of the molecule is CC(C)CCC[C@H](C)NC(=O)COC(=O)[C@H](C)N=C1NS(=O)(=O)c2ccccc21. The molecule has 0 aromatic heterocycles. The van der Waals surface area contributed by atoms with Crippen LogP contribution in [0.25, 0.3) is 0 Å². The summed E-state index contributed by atoms with van der Waals surface area (Å²) in [6, 6.07) is 5.42. The molecule has 1 aliphatic rings. The quantitative estimate of drug-likeness (QED) is 0.590. The van der Waals surface area contributed by atoms with Gasteiger partial charge in [0.25, 0.3) is 15.9 Å². The lowest BCUT2D eigenvalue weighted by atomic mass is 10.0. The van der Waals surface area contributed by atoms with Crippen molar-refractivity contribution in [2.45, 2.75) is 63.9 Å². The molecule has 1 aliphatic heterocycles. The minimum Gasteiger partial charge on any atom is -0.454 e.